The lowest BCUT2D eigenvalue weighted by molar-refractivity contribution is -0.158. The summed E-state index contributed by atoms with van der Waals surface area (Å²) in [6, 6.07) is 6.71. The topological polar surface area (TPSA) is 182 Å². The van der Waals surface area contributed by atoms with E-state index >= 15 is 0 Å². The van der Waals surface area contributed by atoms with Crippen molar-refractivity contribution in [2.45, 2.75) is 219 Å². The number of nitrogens with one attached hydrogen (secondary N) is 3. The van der Waals surface area contributed by atoms with Gasteiger partial charge in [0, 0.05) is 39.8 Å². The van der Waals surface area contributed by atoms with E-state index in [0.29, 0.717) is 54.3 Å². The highest BCUT2D eigenvalue weighted by Crippen LogP contribution is 2.53. The summed E-state index contributed by atoms with van der Waals surface area (Å²) in [6.45, 7) is 40.9. The van der Waals surface area contributed by atoms with E-state index in [-0.39, 0.29) is 37.1 Å². The third-order valence-electron chi connectivity index (χ3n) is 11.5. The molecule has 9 unspecified atom stereocenters. The Hall–Kier alpha value is -3.66. The van der Waals surface area contributed by atoms with Crippen LogP contribution >= 0.6 is 0 Å². The van der Waals surface area contributed by atoms with Gasteiger partial charge in [-0.05, 0) is 95.9 Å². The van der Waals surface area contributed by atoms with Gasteiger partial charge in [0.2, 0.25) is 25.1 Å². The van der Waals surface area contributed by atoms with E-state index in [4.69, 9.17) is 14.2 Å². The minimum absolute atomic E-state index is 0.0186. The molecule has 14 nitrogen and oxygen atoms in total. The largest absolute Gasteiger partial charge is 0.458 e. The lowest BCUT2D eigenvalue weighted by Gasteiger charge is -2.37. The number of carbonyl (C=O) groups excluding carboxylic acids is 5. The Balaban J connectivity index is -0.000000188. The number of rotatable bonds is 20. The Morgan fingerprint density at radius 3 is 1.73 bits per heavy atom. The van der Waals surface area contributed by atoms with Crippen LogP contribution < -0.4 is 21.7 Å². The molecular weight excluding hydrogens is 892 g/mol. The van der Waals surface area contributed by atoms with E-state index in [1.165, 1.54) is 19.5 Å². The molecule has 1 heterocycles. The molecule has 0 spiro atoms. The van der Waals surface area contributed by atoms with Gasteiger partial charge in [-0.3, -0.25) is 19.2 Å². The lowest BCUT2D eigenvalue weighted by Crippen LogP contribution is -2.51. The van der Waals surface area contributed by atoms with Crippen LogP contribution in [-0.2, 0) is 44.6 Å². The van der Waals surface area contributed by atoms with Gasteiger partial charge in [-0.2, -0.15) is 0 Å². The van der Waals surface area contributed by atoms with Crippen molar-refractivity contribution in [3.05, 3.63) is 35.6 Å². The molecule has 416 valence electrons. The van der Waals surface area contributed by atoms with Crippen LogP contribution in [0.25, 0.3) is 0 Å². The van der Waals surface area contributed by atoms with Gasteiger partial charge in [0.15, 0.2) is 0 Å². The molecule has 1 aromatic rings. The maximum Gasteiger partial charge on any atom is 0.329 e. The molecule has 0 bridgehead atoms. The summed E-state index contributed by atoms with van der Waals surface area (Å²) in [5, 5.41) is 7.93. The molecule has 0 aromatic heterocycles. The molecular formula is C55H111FN6O8. The number of benzene rings is 1. The summed E-state index contributed by atoms with van der Waals surface area (Å²) < 4.78 is 29.7. The van der Waals surface area contributed by atoms with Crippen molar-refractivity contribution in [3.8, 4) is 0 Å². The predicted octanol–water partition coefficient (Wildman–Crippen LogP) is 9.70. The maximum absolute atomic E-state index is 13.5. The van der Waals surface area contributed by atoms with Crippen LogP contribution in [0.15, 0.2) is 24.3 Å². The smallest absolute Gasteiger partial charge is 0.329 e. The Bertz CT molecular complexity index is 1400. The average molecular weight is 1000 g/mol. The standard InChI is InChI=1S/C14H18FNO3.C13H26N2O3.C12H21NO2.C6H15N.C3H8.3C2H6.CH5N/c1-14(2,3)19-13(18)12(16-9-17)8-10-6-4-5-7-11(10)15;1-6-10(3)13(11(7-2)18-5)15(4)12(17)8-14-9-16;1-7(2)12(15-4)10-5-9-8(3)11(9)13(10)6-14;1-5(2)6(3)7-4;1-3-2;4*1-2/h4-7,9,12H,8H2,1-3H3,(H,16,17);9-11,13H,6-8H2,1-5H3,(H,14,16);6-12H,5H2,1-4H3;5-7H,1-4H3;3H2,1-2H3;3*1-2H3;2H2,1H3/t;10?,11?,13-;;;;;;;/m.0......./s1. The first kappa shape index (κ1) is 77.8. The average Bonchev–Trinajstić information content (AvgIpc) is 3.80. The molecule has 1 aliphatic heterocycles. The van der Waals surface area contributed by atoms with E-state index in [1.807, 2.05) is 60.4 Å². The first-order valence-electron chi connectivity index (χ1n) is 26.2. The normalized spacial score (nSPS) is 18.2. The van der Waals surface area contributed by atoms with Crippen molar-refractivity contribution in [2.24, 2.45) is 35.3 Å². The molecule has 15 heteroatoms. The SMILES string of the molecule is CC.CC.CC.CC(C)(C)OC(=O)C(Cc1ccccc1F)NC=O.CCC.CCC(C)[C@@H](C(CC)OC)N(C)C(=O)CNC=O.CN.CNC(C)C(C)C.COC(C(C)C)C1CC2C(C)C2N1C=O. The Morgan fingerprint density at radius 2 is 1.39 bits per heavy atom. The zero-order valence-electron chi connectivity index (χ0n) is 49.3. The number of methoxy groups -OCH3 is 2. The molecule has 4 amide bonds. The predicted molar refractivity (Wildman–Crippen MR) is 292 cm³/mol. The summed E-state index contributed by atoms with van der Waals surface area (Å²) >= 11 is 0. The molecule has 2 fully saturated rings. The minimum atomic E-state index is -0.895. The van der Waals surface area contributed by atoms with Crippen molar-refractivity contribution in [1.82, 2.24) is 25.8 Å². The van der Waals surface area contributed by atoms with Gasteiger partial charge < -0.3 is 45.7 Å². The van der Waals surface area contributed by atoms with Crippen molar-refractivity contribution in [1.29, 1.82) is 0 Å². The van der Waals surface area contributed by atoms with Crippen LogP contribution in [0.1, 0.15) is 170 Å². The van der Waals surface area contributed by atoms with Gasteiger partial charge in [0.05, 0.1) is 30.8 Å². The van der Waals surface area contributed by atoms with Gasteiger partial charge in [0.1, 0.15) is 17.5 Å². The number of carbonyl (C=O) groups is 5. The van der Waals surface area contributed by atoms with Crippen LogP contribution in [0.3, 0.4) is 0 Å². The van der Waals surface area contributed by atoms with Gasteiger partial charge in [0.25, 0.3) is 0 Å². The molecule has 1 saturated carbocycles. The molecule has 70 heavy (non-hydrogen) atoms. The number of hydrogen-bond acceptors (Lipinski definition) is 10. The number of fused-ring (bicyclic) bond motifs is 1. The molecule has 1 aliphatic carbocycles. The summed E-state index contributed by atoms with van der Waals surface area (Å²) in [5.41, 5.74) is 4.20. The number of likely N-dealkylation sites (N-methyl/N-ethyl adjacent to an activating group) is 1. The molecule has 0 radical (unpaired) electrons. The number of piperidine rings is 1. The lowest BCUT2D eigenvalue weighted by atomic mass is 9.91. The quantitative estimate of drug-likeness (QED) is 0.0725. The van der Waals surface area contributed by atoms with Gasteiger partial charge in [-0.15, -0.1) is 0 Å². The molecule has 10 atom stereocenters. The van der Waals surface area contributed by atoms with Crippen molar-refractivity contribution in [2.75, 3.05) is 41.9 Å². The summed E-state index contributed by atoms with van der Waals surface area (Å²) in [7, 11) is 8.69. The first-order chi connectivity index (χ1) is 33.1. The summed E-state index contributed by atoms with van der Waals surface area (Å²) in [5.74, 6) is 1.92. The van der Waals surface area contributed by atoms with Crippen molar-refractivity contribution >= 4 is 31.1 Å². The zero-order valence-corrected chi connectivity index (χ0v) is 49.3. The van der Waals surface area contributed by atoms with Gasteiger partial charge >= 0.3 is 5.97 Å². The fourth-order valence-electron chi connectivity index (χ4n) is 7.41. The van der Waals surface area contributed by atoms with E-state index in [0.717, 1.165) is 37.5 Å². The highest BCUT2D eigenvalue weighted by molar-refractivity contribution is 5.80. The van der Waals surface area contributed by atoms with Gasteiger partial charge in [-0.25, -0.2) is 9.18 Å². The first-order valence-corrected chi connectivity index (χ1v) is 26.2. The summed E-state index contributed by atoms with van der Waals surface area (Å²) in [6.07, 6.45) is 6.44. The van der Waals surface area contributed by atoms with Crippen LogP contribution in [0, 0.1) is 35.4 Å². The molecule has 5 N–H and O–H groups in total. The summed E-state index contributed by atoms with van der Waals surface area (Å²) in [4.78, 5) is 59.4. The minimum Gasteiger partial charge on any atom is -0.458 e. The second kappa shape index (κ2) is 47.7. The maximum atomic E-state index is 13.5. The zero-order chi connectivity index (χ0) is 56.3. The van der Waals surface area contributed by atoms with Crippen molar-refractivity contribution in [3.63, 3.8) is 0 Å². The molecule has 1 aromatic carbocycles. The number of nitrogens with two attached hydrogens (primary N) is 1. The van der Waals surface area contributed by atoms with E-state index in [2.05, 4.69) is 90.9 Å². The van der Waals surface area contributed by atoms with Crippen molar-refractivity contribution < 1.29 is 42.6 Å². The monoisotopic (exact) mass is 1000 g/mol. The second-order valence-corrected chi connectivity index (χ2v) is 18.1. The number of esters is 1. The fraction of sp³-hybridized carbons (Fsp3) is 0.800. The second-order valence-electron chi connectivity index (χ2n) is 18.1. The highest BCUT2D eigenvalue weighted by atomic mass is 19.1. The number of amides is 4. The number of ether oxygens (including phenoxy) is 3. The van der Waals surface area contributed by atoms with E-state index in [9.17, 15) is 28.4 Å². The van der Waals surface area contributed by atoms with E-state index in [1.54, 1.807) is 65.1 Å². The Labute approximate surface area is 429 Å². The van der Waals surface area contributed by atoms with Crippen LogP contribution in [0.2, 0.25) is 0 Å². The molecule has 1 saturated heterocycles. The molecule has 3 rings (SSSR count). The van der Waals surface area contributed by atoms with Crippen LogP contribution in [-0.4, -0.2) is 131 Å². The third-order valence-corrected chi connectivity index (χ3v) is 11.5. The number of halogens is 1. The Kier molecular flexibility index (Phi) is 53.0. The third kappa shape index (κ3) is 32.3. The van der Waals surface area contributed by atoms with E-state index < -0.39 is 23.4 Å². The highest BCUT2D eigenvalue weighted by Gasteiger charge is 2.59. The van der Waals surface area contributed by atoms with Gasteiger partial charge in [-0.1, -0.05) is 142 Å². The van der Waals surface area contributed by atoms with Crippen LogP contribution in [0.5, 0.6) is 0 Å². The molecule has 2 aliphatic rings. The Morgan fingerprint density at radius 1 is 0.871 bits per heavy atom. The van der Waals surface area contributed by atoms with Crippen LogP contribution in [0.4, 0.5) is 4.39 Å². The number of likely N-dealkylation sites (tertiary alicyclic amines) is 1. The number of hydrogen-bond donors (Lipinski definition) is 4. The fourth-order valence-corrected chi connectivity index (χ4v) is 7.41. The number of nitrogens with zero attached hydrogens (tertiary/aromatic N) is 2.